The normalized spacial score (nSPS) is 13.9. The highest BCUT2D eigenvalue weighted by Gasteiger charge is 2.15. The van der Waals surface area contributed by atoms with Crippen LogP contribution in [-0.4, -0.2) is 46.5 Å². The van der Waals surface area contributed by atoms with E-state index in [0.29, 0.717) is 41.7 Å². The third kappa shape index (κ3) is 4.02. The fourth-order valence-corrected chi connectivity index (χ4v) is 3.74. The zero-order chi connectivity index (χ0) is 21.9. The van der Waals surface area contributed by atoms with E-state index in [0.717, 1.165) is 29.9 Å². The number of anilines is 5. The molecule has 162 valence electrons. The molecule has 0 saturated carbocycles. The molecular formula is C23H22FN7O. The average molecular weight is 431 g/mol. The molecule has 1 fully saturated rings. The van der Waals surface area contributed by atoms with Gasteiger partial charge >= 0.3 is 0 Å². The van der Waals surface area contributed by atoms with Crippen LogP contribution in [0.2, 0.25) is 0 Å². The SMILES string of the molecule is Cc1c(F)ccc2c(Nc3ccnc(Nc4ccccc4N4CCOCC4)n3)cnnc12. The molecular weight excluding hydrogens is 409 g/mol. The van der Waals surface area contributed by atoms with E-state index in [1.807, 2.05) is 18.2 Å². The van der Waals surface area contributed by atoms with Crippen LogP contribution in [0.1, 0.15) is 5.56 Å². The summed E-state index contributed by atoms with van der Waals surface area (Å²) < 4.78 is 19.4. The molecule has 1 aliphatic rings. The van der Waals surface area contributed by atoms with Crippen molar-refractivity contribution in [3.63, 3.8) is 0 Å². The minimum atomic E-state index is -0.309. The molecule has 3 heterocycles. The van der Waals surface area contributed by atoms with Gasteiger partial charge < -0.3 is 20.3 Å². The lowest BCUT2D eigenvalue weighted by Gasteiger charge is -2.30. The molecule has 0 spiro atoms. The highest BCUT2D eigenvalue weighted by molar-refractivity contribution is 5.93. The summed E-state index contributed by atoms with van der Waals surface area (Å²) in [5, 5.41) is 15.4. The van der Waals surface area contributed by atoms with Crippen molar-refractivity contribution in [3.8, 4) is 0 Å². The molecule has 1 aliphatic heterocycles. The van der Waals surface area contributed by atoms with Gasteiger partial charge in [-0.2, -0.15) is 10.1 Å². The molecule has 1 saturated heterocycles. The van der Waals surface area contributed by atoms with E-state index in [1.54, 1.807) is 31.5 Å². The number of para-hydroxylation sites is 2. The Morgan fingerprint density at radius 2 is 1.84 bits per heavy atom. The van der Waals surface area contributed by atoms with Crippen molar-refractivity contribution in [2.45, 2.75) is 6.92 Å². The maximum Gasteiger partial charge on any atom is 0.229 e. The Bertz CT molecular complexity index is 1260. The second kappa shape index (κ2) is 8.72. The van der Waals surface area contributed by atoms with Crippen LogP contribution in [0.25, 0.3) is 10.9 Å². The molecule has 2 aromatic heterocycles. The van der Waals surface area contributed by atoms with E-state index in [-0.39, 0.29) is 5.82 Å². The van der Waals surface area contributed by atoms with Crippen LogP contribution in [0.3, 0.4) is 0 Å². The Hall–Kier alpha value is -3.85. The largest absolute Gasteiger partial charge is 0.378 e. The molecule has 2 aromatic carbocycles. The van der Waals surface area contributed by atoms with Crippen LogP contribution in [0, 0.1) is 12.7 Å². The van der Waals surface area contributed by atoms with Crippen molar-refractivity contribution in [2.24, 2.45) is 0 Å². The number of halogens is 1. The third-order valence-corrected chi connectivity index (χ3v) is 5.42. The molecule has 9 heteroatoms. The van der Waals surface area contributed by atoms with E-state index in [1.165, 1.54) is 6.07 Å². The topological polar surface area (TPSA) is 88.1 Å². The molecule has 2 N–H and O–H groups in total. The summed E-state index contributed by atoms with van der Waals surface area (Å²) in [6, 6.07) is 13.0. The molecule has 0 amide bonds. The highest BCUT2D eigenvalue weighted by atomic mass is 19.1. The molecule has 0 bridgehead atoms. The number of morpholine rings is 1. The van der Waals surface area contributed by atoms with Gasteiger partial charge in [-0.25, -0.2) is 9.37 Å². The monoisotopic (exact) mass is 431 g/mol. The third-order valence-electron chi connectivity index (χ3n) is 5.42. The van der Waals surface area contributed by atoms with Gasteiger partial charge in [-0.1, -0.05) is 12.1 Å². The van der Waals surface area contributed by atoms with Crippen molar-refractivity contribution in [2.75, 3.05) is 41.8 Å². The first-order valence-electron chi connectivity index (χ1n) is 10.4. The van der Waals surface area contributed by atoms with E-state index in [2.05, 4.69) is 41.8 Å². The Balaban J connectivity index is 1.41. The Kier molecular flexibility index (Phi) is 5.47. The number of aromatic nitrogens is 4. The van der Waals surface area contributed by atoms with Crippen molar-refractivity contribution >= 4 is 39.7 Å². The molecule has 0 atom stereocenters. The van der Waals surface area contributed by atoms with Gasteiger partial charge in [0.05, 0.1) is 36.5 Å². The molecule has 32 heavy (non-hydrogen) atoms. The summed E-state index contributed by atoms with van der Waals surface area (Å²) in [6.07, 6.45) is 3.28. The van der Waals surface area contributed by atoms with Crippen molar-refractivity contribution in [1.82, 2.24) is 20.2 Å². The summed E-state index contributed by atoms with van der Waals surface area (Å²) in [5.41, 5.74) is 3.68. The molecule has 5 rings (SSSR count). The van der Waals surface area contributed by atoms with Gasteiger partial charge in [-0.05, 0) is 37.3 Å². The first-order chi connectivity index (χ1) is 15.7. The van der Waals surface area contributed by atoms with Gasteiger partial charge in [-0.15, -0.1) is 5.10 Å². The van der Waals surface area contributed by atoms with Gasteiger partial charge in [0.1, 0.15) is 17.2 Å². The van der Waals surface area contributed by atoms with Gasteiger partial charge in [0.25, 0.3) is 0 Å². The van der Waals surface area contributed by atoms with Crippen LogP contribution in [0.15, 0.2) is 54.9 Å². The average Bonchev–Trinajstić information content (AvgIpc) is 2.83. The van der Waals surface area contributed by atoms with Gasteiger partial charge in [0.15, 0.2) is 0 Å². The number of nitrogens with zero attached hydrogens (tertiary/aromatic N) is 5. The van der Waals surface area contributed by atoms with Crippen molar-refractivity contribution in [3.05, 3.63) is 66.2 Å². The van der Waals surface area contributed by atoms with E-state index in [4.69, 9.17) is 4.74 Å². The van der Waals surface area contributed by atoms with Gasteiger partial charge in [0.2, 0.25) is 5.95 Å². The number of ether oxygens (including phenoxy) is 1. The number of rotatable bonds is 5. The number of aryl methyl sites for hydroxylation is 1. The summed E-state index contributed by atoms with van der Waals surface area (Å²) in [5.74, 6) is 0.739. The predicted molar refractivity (Wildman–Crippen MR) is 122 cm³/mol. The number of hydrogen-bond acceptors (Lipinski definition) is 8. The van der Waals surface area contributed by atoms with Crippen LogP contribution >= 0.6 is 0 Å². The lowest BCUT2D eigenvalue weighted by Crippen LogP contribution is -2.36. The lowest BCUT2D eigenvalue weighted by molar-refractivity contribution is 0.123. The molecule has 0 unspecified atom stereocenters. The summed E-state index contributed by atoms with van der Waals surface area (Å²) >= 11 is 0. The number of hydrogen-bond donors (Lipinski definition) is 2. The second-order valence-corrected chi connectivity index (χ2v) is 7.46. The van der Waals surface area contributed by atoms with Crippen molar-refractivity contribution < 1.29 is 9.13 Å². The van der Waals surface area contributed by atoms with E-state index >= 15 is 0 Å². The number of benzene rings is 2. The Morgan fingerprint density at radius 1 is 1.00 bits per heavy atom. The minimum Gasteiger partial charge on any atom is -0.378 e. The van der Waals surface area contributed by atoms with Crippen LogP contribution < -0.4 is 15.5 Å². The maximum absolute atomic E-state index is 13.9. The molecule has 0 aliphatic carbocycles. The second-order valence-electron chi connectivity index (χ2n) is 7.46. The fourth-order valence-electron chi connectivity index (χ4n) is 3.74. The molecule has 8 nitrogen and oxygen atoms in total. The van der Waals surface area contributed by atoms with Crippen molar-refractivity contribution in [1.29, 1.82) is 0 Å². The van der Waals surface area contributed by atoms with Gasteiger partial charge in [0, 0.05) is 30.2 Å². The van der Waals surface area contributed by atoms with Crippen LogP contribution in [0.5, 0.6) is 0 Å². The number of nitrogens with one attached hydrogen (secondary N) is 2. The zero-order valence-corrected chi connectivity index (χ0v) is 17.5. The zero-order valence-electron chi connectivity index (χ0n) is 17.5. The molecule has 0 radical (unpaired) electrons. The summed E-state index contributed by atoms with van der Waals surface area (Å²) in [7, 11) is 0. The first-order valence-corrected chi connectivity index (χ1v) is 10.4. The summed E-state index contributed by atoms with van der Waals surface area (Å²) in [6.45, 7) is 4.78. The van der Waals surface area contributed by atoms with Crippen LogP contribution in [-0.2, 0) is 4.74 Å². The Morgan fingerprint density at radius 3 is 2.72 bits per heavy atom. The standard InChI is InChI=1S/C23H22FN7O/c1-15-17(24)7-6-16-19(14-26-30-22(15)16)27-21-8-9-25-23(29-21)28-18-4-2-3-5-20(18)31-10-12-32-13-11-31/h2-9,14H,10-13H2,1H3,(H2,25,27,28,29,30). The fraction of sp³-hybridized carbons (Fsp3) is 0.217. The number of fused-ring (bicyclic) bond motifs is 1. The Labute approximate surface area is 184 Å². The quantitative estimate of drug-likeness (QED) is 0.486. The first kappa shape index (κ1) is 20.1. The van der Waals surface area contributed by atoms with E-state index in [9.17, 15) is 4.39 Å². The lowest BCUT2D eigenvalue weighted by atomic mass is 10.1. The highest BCUT2D eigenvalue weighted by Crippen LogP contribution is 2.30. The van der Waals surface area contributed by atoms with Gasteiger partial charge in [-0.3, -0.25) is 0 Å². The van der Waals surface area contributed by atoms with Crippen LogP contribution in [0.4, 0.5) is 33.2 Å². The maximum atomic E-state index is 13.9. The summed E-state index contributed by atoms with van der Waals surface area (Å²) in [4.78, 5) is 11.2. The van der Waals surface area contributed by atoms with E-state index < -0.39 is 0 Å². The smallest absolute Gasteiger partial charge is 0.229 e. The predicted octanol–water partition coefficient (Wildman–Crippen LogP) is 4.19. The minimum absolute atomic E-state index is 0.309. The molecule has 4 aromatic rings.